The summed E-state index contributed by atoms with van der Waals surface area (Å²) in [5, 5.41) is 11.3. The van der Waals surface area contributed by atoms with Crippen molar-refractivity contribution in [1.29, 1.82) is 5.41 Å². The van der Waals surface area contributed by atoms with E-state index in [1.807, 2.05) is 40.1 Å². The lowest BCUT2D eigenvalue weighted by Gasteiger charge is -2.29. The number of carbonyl (C=O) groups excluding carboxylic acids is 1. The van der Waals surface area contributed by atoms with E-state index in [-0.39, 0.29) is 18.3 Å². The quantitative estimate of drug-likeness (QED) is 0.612. The Labute approximate surface area is 166 Å². The first-order valence-corrected chi connectivity index (χ1v) is 9.27. The Balaban J connectivity index is 0.00000210. The van der Waals surface area contributed by atoms with Gasteiger partial charge in [-0.1, -0.05) is 30.3 Å². The predicted molar refractivity (Wildman–Crippen MR) is 111 cm³/mol. The lowest BCUT2D eigenvalue weighted by molar-refractivity contribution is 0.0735. The van der Waals surface area contributed by atoms with Gasteiger partial charge in [-0.15, -0.1) is 12.4 Å². The first kappa shape index (κ1) is 19.2. The van der Waals surface area contributed by atoms with Gasteiger partial charge in [0.15, 0.2) is 5.96 Å². The van der Waals surface area contributed by atoms with Crippen LogP contribution in [0.2, 0.25) is 0 Å². The fourth-order valence-corrected chi connectivity index (χ4v) is 3.74. The van der Waals surface area contributed by atoms with Gasteiger partial charge in [-0.05, 0) is 48.6 Å². The Morgan fingerprint density at radius 1 is 0.926 bits per heavy atom. The number of nitrogens with one attached hydrogen (secondary N) is 2. The van der Waals surface area contributed by atoms with Crippen LogP contribution in [0, 0.1) is 5.41 Å². The number of likely N-dealkylation sites (tertiary alicyclic amines) is 1. The number of rotatable bonds is 2. The highest BCUT2D eigenvalue weighted by molar-refractivity contribution is 5.97. The molecule has 0 spiro atoms. The van der Waals surface area contributed by atoms with Crippen LogP contribution in [0.1, 0.15) is 34.3 Å². The number of hydrogen-bond acceptors (Lipinski definition) is 2. The van der Waals surface area contributed by atoms with E-state index in [1.165, 1.54) is 11.1 Å². The summed E-state index contributed by atoms with van der Waals surface area (Å²) < 4.78 is 0. The SMILES string of the molecule is Cl.N=C(Nc1cccc(C(=O)N2CCc3ccccc3C2)c1)N1CCCC1. The van der Waals surface area contributed by atoms with Crippen LogP contribution in [0.15, 0.2) is 48.5 Å². The summed E-state index contributed by atoms with van der Waals surface area (Å²) >= 11 is 0. The Kier molecular flexibility index (Phi) is 6.01. The molecule has 27 heavy (non-hydrogen) atoms. The van der Waals surface area contributed by atoms with Crippen molar-refractivity contribution in [3.63, 3.8) is 0 Å². The third-order valence-electron chi connectivity index (χ3n) is 5.21. The molecular formula is C21H25ClN4O. The van der Waals surface area contributed by atoms with Gasteiger partial charge in [0.25, 0.3) is 5.91 Å². The molecule has 2 aliphatic rings. The predicted octanol–water partition coefficient (Wildman–Crippen LogP) is 3.75. The molecule has 142 valence electrons. The number of hydrogen-bond donors (Lipinski definition) is 2. The Bertz CT molecular complexity index is 832. The van der Waals surface area contributed by atoms with E-state index in [0.717, 1.165) is 44.6 Å². The summed E-state index contributed by atoms with van der Waals surface area (Å²) in [6.45, 7) is 3.27. The molecule has 0 radical (unpaired) electrons. The summed E-state index contributed by atoms with van der Waals surface area (Å²) in [6, 6.07) is 15.8. The van der Waals surface area contributed by atoms with Crippen molar-refractivity contribution < 1.29 is 4.79 Å². The minimum atomic E-state index is 0. The van der Waals surface area contributed by atoms with Crippen molar-refractivity contribution in [1.82, 2.24) is 9.80 Å². The molecule has 2 N–H and O–H groups in total. The second-order valence-electron chi connectivity index (χ2n) is 6.99. The average Bonchev–Trinajstić information content (AvgIpc) is 3.22. The molecule has 4 rings (SSSR count). The van der Waals surface area contributed by atoms with Crippen molar-refractivity contribution in [2.45, 2.75) is 25.8 Å². The highest BCUT2D eigenvalue weighted by Crippen LogP contribution is 2.21. The highest BCUT2D eigenvalue weighted by Gasteiger charge is 2.22. The minimum absolute atomic E-state index is 0. The van der Waals surface area contributed by atoms with Gasteiger partial charge in [0.1, 0.15) is 0 Å². The largest absolute Gasteiger partial charge is 0.343 e. The molecule has 0 aromatic heterocycles. The first-order chi connectivity index (χ1) is 12.7. The lowest BCUT2D eigenvalue weighted by Crippen LogP contribution is -2.36. The van der Waals surface area contributed by atoms with Crippen LogP contribution in [0.4, 0.5) is 5.69 Å². The van der Waals surface area contributed by atoms with E-state index in [1.54, 1.807) is 0 Å². The van der Waals surface area contributed by atoms with Crippen molar-refractivity contribution in [2.75, 3.05) is 25.0 Å². The number of carbonyl (C=O) groups is 1. The maximum atomic E-state index is 12.9. The third kappa shape index (κ3) is 4.25. The highest BCUT2D eigenvalue weighted by atomic mass is 35.5. The van der Waals surface area contributed by atoms with Gasteiger partial charge in [-0.3, -0.25) is 10.2 Å². The van der Waals surface area contributed by atoms with E-state index in [0.29, 0.717) is 18.1 Å². The minimum Gasteiger partial charge on any atom is -0.343 e. The fraction of sp³-hybridized carbons (Fsp3) is 0.333. The van der Waals surface area contributed by atoms with E-state index in [4.69, 9.17) is 5.41 Å². The number of nitrogens with zero attached hydrogens (tertiary/aromatic N) is 2. The van der Waals surface area contributed by atoms with E-state index in [2.05, 4.69) is 23.5 Å². The molecule has 0 aliphatic carbocycles. The van der Waals surface area contributed by atoms with Crippen molar-refractivity contribution in [2.24, 2.45) is 0 Å². The molecule has 1 saturated heterocycles. The van der Waals surface area contributed by atoms with Crippen LogP contribution < -0.4 is 5.32 Å². The molecule has 0 atom stereocenters. The second-order valence-corrected chi connectivity index (χ2v) is 6.99. The number of benzene rings is 2. The summed E-state index contributed by atoms with van der Waals surface area (Å²) in [5.74, 6) is 0.467. The third-order valence-corrected chi connectivity index (χ3v) is 5.21. The topological polar surface area (TPSA) is 59.4 Å². The molecule has 5 nitrogen and oxygen atoms in total. The van der Waals surface area contributed by atoms with Crippen LogP contribution in [-0.4, -0.2) is 41.3 Å². The van der Waals surface area contributed by atoms with Gasteiger partial charge in [-0.25, -0.2) is 0 Å². The maximum absolute atomic E-state index is 12.9. The number of anilines is 1. The van der Waals surface area contributed by atoms with E-state index >= 15 is 0 Å². The molecule has 2 heterocycles. The molecule has 1 fully saturated rings. The first-order valence-electron chi connectivity index (χ1n) is 9.27. The molecular weight excluding hydrogens is 360 g/mol. The molecule has 0 saturated carbocycles. The van der Waals surface area contributed by atoms with Gasteiger partial charge in [-0.2, -0.15) is 0 Å². The molecule has 2 aromatic rings. The molecule has 2 aliphatic heterocycles. The molecule has 0 unspecified atom stereocenters. The van der Waals surface area contributed by atoms with E-state index < -0.39 is 0 Å². The standard InChI is InChI=1S/C21H24N4O.ClH/c22-21(24-11-3-4-12-24)23-19-9-5-8-17(14-19)20(26)25-13-10-16-6-1-2-7-18(16)15-25;/h1-2,5-9,14H,3-4,10-13,15H2,(H2,22,23);1H. The van der Waals surface area contributed by atoms with Gasteiger partial charge < -0.3 is 15.1 Å². The smallest absolute Gasteiger partial charge is 0.254 e. The second kappa shape index (κ2) is 8.44. The summed E-state index contributed by atoms with van der Waals surface area (Å²) in [4.78, 5) is 16.9. The monoisotopic (exact) mass is 384 g/mol. The van der Waals surface area contributed by atoms with Gasteiger partial charge in [0.2, 0.25) is 0 Å². The van der Waals surface area contributed by atoms with Crippen LogP contribution in [0.5, 0.6) is 0 Å². The number of halogens is 1. The Hall–Kier alpha value is -2.53. The van der Waals surface area contributed by atoms with Crippen LogP contribution in [0.25, 0.3) is 0 Å². The molecule has 0 bridgehead atoms. The number of fused-ring (bicyclic) bond motifs is 1. The van der Waals surface area contributed by atoms with Crippen molar-refractivity contribution in [3.05, 3.63) is 65.2 Å². The summed E-state index contributed by atoms with van der Waals surface area (Å²) in [7, 11) is 0. The Morgan fingerprint density at radius 3 is 2.44 bits per heavy atom. The van der Waals surface area contributed by atoms with Crippen LogP contribution in [-0.2, 0) is 13.0 Å². The van der Waals surface area contributed by atoms with Crippen LogP contribution >= 0.6 is 12.4 Å². The molecule has 1 amide bonds. The fourth-order valence-electron chi connectivity index (χ4n) is 3.74. The molecule has 2 aromatic carbocycles. The Morgan fingerprint density at radius 2 is 1.67 bits per heavy atom. The number of amides is 1. The summed E-state index contributed by atoms with van der Waals surface area (Å²) in [5.41, 5.74) is 4.04. The summed E-state index contributed by atoms with van der Waals surface area (Å²) in [6.07, 6.45) is 3.18. The number of guanidine groups is 1. The van der Waals surface area contributed by atoms with Gasteiger partial charge in [0.05, 0.1) is 0 Å². The van der Waals surface area contributed by atoms with E-state index in [9.17, 15) is 4.79 Å². The zero-order valence-electron chi connectivity index (χ0n) is 15.3. The lowest BCUT2D eigenvalue weighted by atomic mass is 9.99. The molecule has 6 heteroatoms. The van der Waals surface area contributed by atoms with Gasteiger partial charge in [0, 0.05) is 37.4 Å². The average molecular weight is 385 g/mol. The zero-order chi connectivity index (χ0) is 17.9. The van der Waals surface area contributed by atoms with Crippen molar-refractivity contribution >= 4 is 30.0 Å². The van der Waals surface area contributed by atoms with Crippen molar-refractivity contribution in [3.8, 4) is 0 Å². The maximum Gasteiger partial charge on any atom is 0.254 e. The van der Waals surface area contributed by atoms with Gasteiger partial charge >= 0.3 is 0 Å². The normalized spacial score (nSPS) is 15.7. The van der Waals surface area contributed by atoms with Crippen LogP contribution in [0.3, 0.4) is 0 Å². The zero-order valence-corrected chi connectivity index (χ0v) is 16.1.